The first kappa shape index (κ1) is 14.2. The van der Waals surface area contributed by atoms with Gasteiger partial charge in [0.2, 0.25) is 0 Å². The average molecular weight is 246 g/mol. The Labute approximate surface area is 102 Å². The molecule has 0 aromatic heterocycles. The van der Waals surface area contributed by atoms with E-state index in [1.165, 1.54) is 0 Å². The molecule has 100 valence electrons. The van der Waals surface area contributed by atoms with Crippen molar-refractivity contribution in [3.8, 4) is 0 Å². The zero-order valence-electron chi connectivity index (χ0n) is 10.7. The monoisotopic (exact) mass is 246 g/mol. The van der Waals surface area contributed by atoms with Crippen LogP contribution in [0.4, 0.5) is 4.79 Å². The molecule has 0 aromatic carbocycles. The SMILES string of the molecule is CC(C)(C)OC(=O)NCC(O)N1CCOCC1. The number of hydrogen-bond acceptors (Lipinski definition) is 5. The second kappa shape index (κ2) is 6.18. The number of aliphatic hydroxyl groups excluding tert-OH is 1. The van der Waals surface area contributed by atoms with E-state index in [1.54, 1.807) is 20.8 Å². The van der Waals surface area contributed by atoms with E-state index in [2.05, 4.69) is 5.32 Å². The molecule has 1 saturated heterocycles. The molecule has 1 amide bonds. The van der Waals surface area contributed by atoms with Crippen molar-refractivity contribution in [2.24, 2.45) is 0 Å². The Hall–Kier alpha value is -0.850. The zero-order valence-corrected chi connectivity index (χ0v) is 10.7. The maximum atomic E-state index is 11.4. The highest BCUT2D eigenvalue weighted by atomic mass is 16.6. The lowest BCUT2D eigenvalue weighted by atomic mass is 10.2. The Morgan fingerprint density at radius 2 is 2.06 bits per heavy atom. The van der Waals surface area contributed by atoms with Crippen LogP contribution in [0.3, 0.4) is 0 Å². The van der Waals surface area contributed by atoms with Crippen LogP contribution < -0.4 is 5.32 Å². The zero-order chi connectivity index (χ0) is 12.9. The minimum Gasteiger partial charge on any atom is -0.444 e. The fourth-order valence-corrected chi connectivity index (χ4v) is 1.49. The first-order valence-corrected chi connectivity index (χ1v) is 5.85. The highest BCUT2D eigenvalue weighted by Crippen LogP contribution is 2.06. The van der Waals surface area contributed by atoms with E-state index in [1.807, 2.05) is 4.90 Å². The van der Waals surface area contributed by atoms with Crippen LogP contribution in [0.5, 0.6) is 0 Å². The highest BCUT2D eigenvalue weighted by molar-refractivity contribution is 5.67. The molecular formula is C11H22N2O4. The van der Waals surface area contributed by atoms with Gasteiger partial charge in [-0.05, 0) is 20.8 Å². The van der Waals surface area contributed by atoms with Gasteiger partial charge in [0.05, 0.1) is 19.8 Å². The number of ether oxygens (including phenoxy) is 2. The van der Waals surface area contributed by atoms with Crippen LogP contribution in [-0.4, -0.2) is 60.8 Å². The molecule has 2 N–H and O–H groups in total. The molecule has 0 radical (unpaired) electrons. The predicted molar refractivity (Wildman–Crippen MR) is 62.6 cm³/mol. The van der Waals surface area contributed by atoms with E-state index >= 15 is 0 Å². The van der Waals surface area contributed by atoms with Crippen molar-refractivity contribution in [3.05, 3.63) is 0 Å². The number of amides is 1. The van der Waals surface area contributed by atoms with Gasteiger partial charge in [-0.1, -0.05) is 0 Å². The van der Waals surface area contributed by atoms with Gasteiger partial charge in [0.25, 0.3) is 0 Å². The first-order valence-electron chi connectivity index (χ1n) is 5.85. The average Bonchev–Trinajstić information content (AvgIpc) is 2.25. The lowest BCUT2D eigenvalue weighted by Gasteiger charge is -2.31. The van der Waals surface area contributed by atoms with Crippen molar-refractivity contribution in [1.82, 2.24) is 10.2 Å². The predicted octanol–water partition coefficient (Wildman–Crippen LogP) is 0.162. The van der Waals surface area contributed by atoms with Gasteiger partial charge in [-0.3, -0.25) is 4.90 Å². The van der Waals surface area contributed by atoms with Gasteiger partial charge in [-0.2, -0.15) is 0 Å². The maximum Gasteiger partial charge on any atom is 0.407 e. The summed E-state index contributed by atoms with van der Waals surface area (Å²) in [5, 5.41) is 12.4. The topological polar surface area (TPSA) is 71.0 Å². The fourth-order valence-electron chi connectivity index (χ4n) is 1.49. The van der Waals surface area contributed by atoms with Gasteiger partial charge in [0, 0.05) is 13.1 Å². The third kappa shape index (κ3) is 5.86. The number of carbonyl (C=O) groups excluding carboxylic acids is 1. The van der Waals surface area contributed by atoms with Gasteiger partial charge in [0.15, 0.2) is 0 Å². The van der Waals surface area contributed by atoms with Gasteiger partial charge >= 0.3 is 6.09 Å². The summed E-state index contributed by atoms with van der Waals surface area (Å²) in [6.45, 7) is 8.14. The molecule has 0 saturated carbocycles. The number of carbonyl (C=O) groups is 1. The maximum absolute atomic E-state index is 11.4. The Kier molecular flexibility index (Phi) is 5.17. The van der Waals surface area contributed by atoms with Crippen molar-refractivity contribution in [1.29, 1.82) is 0 Å². The molecule has 1 aliphatic rings. The number of hydrogen-bond donors (Lipinski definition) is 2. The molecule has 1 rings (SSSR count). The largest absolute Gasteiger partial charge is 0.444 e. The summed E-state index contributed by atoms with van der Waals surface area (Å²) in [4.78, 5) is 13.2. The van der Waals surface area contributed by atoms with Gasteiger partial charge in [-0.25, -0.2) is 4.79 Å². The lowest BCUT2D eigenvalue weighted by molar-refractivity contribution is -0.0573. The van der Waals surface area contributed by atoms with Gasteiger partial charge < -0.3 is 19.9 Å². The van der Waals surface area contributed by atoms with Crippen LogP contribution in [0.2, 0.25) is 0 Å². The quantitative estimate of drug-likeness (QED) is 0.742. The normalized spacial score (nSPS) is 19.8. The first-order chi connectivity index (χ1) is 7.88. The molecule has 0 aromatic rings. The summed E-state index contributed by atoms with van der Waals surface area (Å²) < 4.78 is 10.2. The standard InChI is InChI=1S/C11H22N2O4/c1-11(2,3)17-10(15)12-8-9(14)13-4-6-16-7-5-13/h9,14H,4-8H2,1-3H3,(H,12,15). The summed E-state index contributed by atoms with van der Waals surface area (Å²) >= 11 is 0. The Balaban J connectivity index is 2.22. The van der Waals surface area contributed by atoms with E-state index in [4.69, 9.17) is 9.47 Å². The number of nitrogens with one attached hydrogen (secondary N) is 1. The molecule has 1 atom stereocenters. The highest BCUT2D eigenvalue weighted by Gasteiger charge is 2.21. The van der Waals surface area contributed by atoms with E-state index in [0.717, 1.165) is 0 Å². The van der Waals surface area contributed by atoms with Gasteiger partial charge in [0.1, 0.15) is 11.8 Å². The summed E-state index contributed by atoms with van der Waals surface area (Å²) in [5.74, 6) is 0. The molecule has 6 nitrogen and oxygen atoms in total. The molecule has 1 heterocycles. The Bertz CT molecular complexity index is 246. The van der Waals surface area contributed by atoms with Crippen LogP contribution >= 0.6 is 0 Å². The van der Waals surface area contributed by atoms with Crippen molar-refractivity contribution in [2.45, 2.75) is 32.6 Å². The molecule has 1 unspecified atom stereocenters. The van der Waals surface area contributed by atoms with Crippen LogP contribution in [0.25, 0.3) is 0 Å². The van der Waals surface area contributed by atoms with Crippen molar-refractivity contribution in [3.63, 3.8) is 0 Å². The van der Waals surface area contributed by atoms with E-state index in [9.17, 15) is 9.90 Å². The molecule has 1 fully saturated rings. The number of alkyl carbamates (subject to hydrolysis) is 1. The Morgan fingerprint density at radius 1 is 1.47 bits per heavy atom. The molecule has 1 aliphatic heterocycles. The second-order valence-corrected chi connectivity index (χ2v) is 5.01. The number of aliphatic hydroxyl groups is 1. The molecule has 17 heavy (non-hydrogen) atoms. The molecule has 0 spiro atoms. The van der Waals surface area contributed by atoms with Crippen molar-refractivity contribution >= 4 is 6.09 Å². The molecule has 6 heteroatoms. The molecule has 0 bridgehead atoms. The minimum atomic E-state index is -0.689. The summed E-state index contributed by atoms with van der Waals surface area (Å²) in [6.07, 6.45) is -1.20. The third-order valence-electron chi connectivity index (χ3n) is 2.30. The van der Waals surface area contributed by atoms with Crippen LogP contribution in [0.15, 0.2) is 0 Å². The van der Waals surface area contributed by atoms with E-state index in [-0.39, 0.29) is 6.54 Å². The lowest BCUT2D eigenvalue weighted by Crippen LogP contribution is -2.49. The fraction of sp³-hybridized carbons (Fsp3) is 0.909. The third-order valence-corrected chi connectivity index (χ3v) is 2.30. The van der Waals surface area contributed by atoms with Crippen molar-refractivity contribution < 1.29 is 19.4 Å². The number of rotatable bonds is 3. The minimum absolute atomic E-state index is 0.162. The van der Waals surface area contributed by atoms with Crippen LogP contribution in [0.1, 0.15) is 20.8 Å². The smallest absolute Gasteiger partial charge is 0.407 e. The van der Waals surface area contributed by atoms with Gasteiger partial charge in [-0.15, -0.1) is 0 Å². The Morgan fingerprint density at radius 3 is 2.59 bits per heavy atom. The van der Waals surface area contributed by atoms with E-state index < -0.39 is 17.9 Å². The molecule has 0 aliphatic carbocycles. The summed E-state index contributed by atoms with van der Waals surface area (Å²) in [5.41, 5.74) is -0.520. The molecular weight excluding hydrogens is 224 g/mol. The van der Waals surface area contributed by atoms with Crippen LogP contribution in [-0.2, 0) is 9.47 Å². The summed E-state index contributed by atoms with van der Waals surface area (Å²) in [7, 11) is 0. The van der Waals surface area contributed by atoms with Crippen molar-refractivity contribution in [2.75, 3.05) is 32.8 Å². The second-order valence-electron chi connectivity index (χ2n) is 5.01. The van der Waals surface area contributed by atoms with E-state index in [0.29, 0.717) is 26.3 Å². The van der Waals surface area contributed by atoms with Crippen LogP contribution in [0, 0.1) is 0 Å². The number of nitrogens with zero attached hydrogens (tertiary/aromatic N) is 1. The summed E-state index contributed by atoms with van der Waals surface area (Å²) in [6, 6.07) is 0. The number of morpholine rings is 1.